The maximum atomic E-state index is 8.60. The highest BCUT2D eigenvalue weighted by molar-refractivity contribution is 5.50. The van der Waals surface area contributed by atoms with Gasteiger partial charge in [0.15, 0.2) is 11.5 Å². The Labute approximate surface area is 108 Å². The molecule has 0 saturated carbocycles. The Balaban J connectivity index is 2.41. The number of ether oxygens (including phenoxy) is 3. The largest absolute Gasteiger partial charge is 0.493 e. The molecule has 0 bridgehead atoms. The van der Waals surface area contributed by atoms with Crippen LogP contribution in [0.4, 0.5) is 0 Å². The van der Waals surface area contributed by atoms with Crippen molar-refractivity contribution in [1.29, 1.82) is 0 Å². The number of aliphatic hydroxyl groups excluding tert-OH is 1. The minimum absolute atomic E-state index is 0.157. The summed E-state index contributed by atoms with van der Waals surface area (Å²) >= 11 is 0. The van der Waals surface area contributed by atoms with Crippen LogP contribution in [0, 0.1) is 0 Å². The smallest absolute Gasteiger partial charge is 0.203 e. The minimum Gasteiger partial charge on any atom is -0.493 e. The van der Waals surface area contributed by atoms with E-state index in [-0.39, 0.29) is 6.61 Å². The molecule has 5 nitrogen and oxygen atoms in total. The van der Waals surface area contributed by atoms with Crippen LogP contribution in [0.2, 0.25) is 0 Å². The van der Waals surface area contributed by atoms with Crippen molar-refractivity contribution < 1.29 is 19.3 Å². The minimum atomic E-state index is 0.157. The molecule has 1 aromatic carbocycles. The summed E-state index contributed by atoms with van der Waals surface area (Å²) in [6.45, 7) is 2.17. The van der Waals surface area contributed by atoms with Crippen molar-refractivity contribution in [2.75, 3.05) is 40.5 Å². The Morgan fingerprint density at radius 1 is 1.11 bits per heavy atom. The van der Waals surface area contributed by atoms with E-state index in [1.807, 2.05) is 18.2 Å². The van der Waals surface area contributed by atoms with E-state index in [9.17, 15) is 0 Å². The molecule has 2 N–H and O–H groups in total. The van der Waals surface area contributed by atoms with Crippen LogP contribution in [-0.4, -0.2) is 45.6 Å². The second-order valence-electron chi connectivity index (χ2n) is 3.67. The monoisotopic (exact) mass is 255 g/mol. The molecule has 0 aliphatic rings. The Morgan fingerprint density at radius 2 is 1.89 bits per heavy atom. The number of para-hydroxylation sites is 1. The number of aliphatic hydroxyl groups is 1. The summed E-state index contributed by atoms with van der Waals surface area (Å²) in [4.78, 5) is 0. The van der Waals surface area contributed by atoms with Crippen molar-refractivity contribution in [1.82, 2.24) is 5.32 Å². The molecule has 0 aliphatic heterocycles. The molecule has 0 spiro atoms. The number of hydrogen-bond acceptors (Lipinski definition) is 5. The zero-order chi connectivity index (χ0) is 13.2. The van der Waals surface area contributed by atoms with Crippen LogP contribution >= 0.6 is 0 Å². The molecular formula is C13H21NO4. The van der Waals surface area contributed by atoms with Gasteiger partial charge < -0.3 is 24.6 Å². The van der Waals surface area contributed by atoms with Crippen LogP contribution < -0.4 is 19.5 Å². The van der Waals surface area contributed by atoms with E-state index in [0.717, 1.165) is 13.0 Å². The first-order valence-corrected chi connectivity index (χ1v) is 5.98. The fourth-order valence-corrected chi connectivity index (χ4v) is 1.55. The second kappa shape index (κ2) is 8.60. The van der Waals surface area contributed by atoms with Gasteiger partial charge in [0.1, 0.15) is 0 Å². The standard InChI is InChI=1S/C13H21NO4/c1-16-11-5-3-6-12(13(11)17-2)18-10-4-7-14-8-9-15/h3,5-6,14-15H,4,7-10H2,1-2H3. The third kappa shape index (κ3) is 4.43. The van der Waals surface area contributed by atoms with Gasteiger partial charge in [0.25, 0.3) is 0 Å². The SMILES string of the molecule is COc1cccc(OCCCNCCO)c1OC. The topological polar surface area (TPSA) is 60.0 Å². The van der Waals surface area contributed by atoms with Crippen LogP contribution in [0.15, 0.2) is 18.2 Å². The lowest BCUT2D eigenvalue weighted by Gasteiger charge is -2.13. The van der Waals surface area contributed by atoms with Gasteiger partial charge in [0.05, 0.1) is 27.4 Å². The number of hydrogen-bond donors (Lipinski definition) is 2. The fourth-order valence-electron chi connectivity index (χ4n) is 1.55. The number of methoxy groups -OCH3 is 2. The molecule has 0 aromatic heterocycles. The van der Waals surface area contributed by atoms with E-state index in [2.05, 4.69) is 5.32 Å². The Kier molecular flexibility index (Phi) is 6.98. The molecule has 0 amide bonds. The van der Waals surface area contributed by atoms with E-state index >= 15 is 0 Å². The normalized spacial score (nSPS) is 10.2. The van der Waals surface area contributed by atoms with Gasteiger partial charge >= 0.3 is 0 Å². The van der Waals surface area contributed by atoms with Gasteiger partial charge in [0, 0.05) is 6.54 Å². The molecule has 0 heterocycles. The van der Waals surface area contributed by atoms with Crippen molar-refractivity contribution in [3.63, 3.8) is 0 Å². The summed E-state index contributed by atoms with van der Waals surface area (Å²) in [7, 11) is 3.19. The summed E-state index contributed by atoms with van der Waals surface area (Å²) in [6.07, 6.45) is 0.861. The lowest BCUT2D eigenvalue weighted by atomic mass is 10.3. The highest BCUT2D eigenvalue weighted by atomic mass is 16.5. The first-order valence-electron chi connectivity index (χ1n) is 5.98. The molecule has 1 aromatic rings. The molecule has 102 valence electrons. The average Bonchev–Trinajstić information content (AvgIpc) is 2.42. The zero-order valence-corrected chi connectivity index (χ0v) is 10.9. The van der Waals surface area contributed by atoms with Crippen molar-refractivity contribution in [2.45, 2.75) is 6.42 Å². The van der Waals surface area contributed by atoms with E-state index in [4.69, 9.17) is 19.3 Å². The van der Waals surface area contributed by atoms with E-state index < -0.39 is 0 Å². The Morgan fingerprint density at radius 3 is 2.56 bits per heavy atom. The van der Waals surface area contributed by atoms with E-state index in [1.54, 1.807) is 14.2 Å². The molecule has 0 radical (unpaired) electrons. The quantitative estimate of drug-likeness (QED) is 0.646. The summed E-state index contributed by atoms with van der Waals surface area (Å²) in [6, 6.07) is 5.54. The molecule has 1 rings (SSSR count). The van der Waals surface area contributed by atoms with Crippen molar-refractivity contribution in [3.8, 4) is 17.2 Å². The summed E-state index contributed by atoms with van der Waals surface area (Å²) < 4.78 is 16.1. The number of nitrogens with one attached hydrogen (secondary N) is 1. The molecule has 0 unspecified atom stereocenters. The highest BCUT2D eigenvalue weighted by Gasteiger charge is 2.09. The molecule has 0 atom stereocenters. The zero-order valence-electron chi connectivity index (χ0n) is 10.9. The van der Waals surface area contributed by atoms with Gasteiger partial charge in [-0.1, -0.05) is 6.07 Å². The molecule has 0 saturated heterocycles. The summed E-state index contributed by atoms with van der Waals surface area (Å²) in [5.74, 6) is 1.95. The van der Waals surface area contributed by atoms with Gasteiger partial charge in [-0.2, -0.15) is 0 Å². The molecule has 0 aliphatic carbocycles. The van der Waals surface area contributed by atoms with Crippen LogP contribution in [-0.2, 0) is 0 Å². The van der Waals surface area contributed by atoms with Crippen LogP contribution in [0.5, 0.6) is 17.2 Å². The van der Waals surface area contributed by atoms with Crippen molar-refractivity contribution >= 4 is 0 Å². The van der Waals surface area contributed by atoms with Crippen LogP contribution in [0.3, 0.4) is 0 Å². The fraction of sp³-hybridized carbons (Fsp3) is 0.538. The number of benzene rings is 1. The lowest BCUT2D eigenvalue weighted by Crippen LogP contribution is -2.20. The Bertz CT molecular complexity index is 344. The molecular weight excluding hydrogens is 234 g/mol. The predicted octanol–water partition coefficient (Wildman–Crippen LogP) is 1.05. The van der Waals surface area contributed by atoms with Crippen LogP contribution in [0.1, 0.15) is 6.42 Å². The van der Waals surface area contributed by atoms with Gasteiger partial charge in [-0.25, -0.2) is 0 Å². The maximum absolute atomic E-state index is 8.60. The van der Waals surface area contributed by atoms with E-state index in [1.165, 1.54) is 0 Å². The van der Waals surface area contributed by atoms with Crippen molar-refractivity contribution in [3.05, 3.63) is 18.2 Å². The van der Waals surface area contributed by atoms with Crippen LogP contribution in [0.25, 0.3) is 0 Å². The molecule has 18 heavy (non-hydrogen) atoms. The highest BCUT2D eigenvalue weighted by Crippen LogP contribution is 2.36. The van der Waals surface area contributed by atoms with E-state index in [0.29, 0.717) is 30.4 Å². The van der Waals surface area contributed by atoms with Gasteiger partial charge in [-0.05, 0) is 25.1 Å². The second-order valence-corrected chi connectivity index (χ2v) is 3.67. The maximum Gasteiger partial charge on any atom is 0.203 e. The Hall–Kier alpha value is -1.46. The van der Waals surface area contributed by atoms with Gasteiger partial charge in [-0.3, -0.25) is 0 Å². The van der Waals surface area contributed by atoms with Crippen molar-refractivity contribution in [2.24, 2.45) is 0 Å². The lowest BCUT2D eigenvalue weighted by molar-refractivity contribution is 0.270. The molecule has 0 fully saturated rings. The van der Waals surface area contributed by atoms with Gasteiger partial charge in [-0.15, -0.1) is 0 Å². The first-order chi connectivity index (χ1) is 8.83. The van der Waals surface area contributed by atoms with Gasteiger partial charge in [0.2, 0.25) is 5.75 Å². The summed E-state index contributed by atoms with van der Waals surface area (Å²) in [5, 5.41) is 11.7. The predicted molar refractivity (Wildman–Crippen MR) is 69.6 cm³/mol. The first kappa shape index (κ1) is 14.6. The molecule has 5 heteroatoms. The average molecular weight is 255 g/mol. The summed E-state index contributed by atoms with van der Waals surface area (Å²) in [5.41, 5.74) is 0. The third-order valence-corrected chi connectivity index (χ3v) is 2.41. The third-order valence-electron chi connectivity index (χ3n) is 2.41. The number of rotatable bonds is 9.